The number of ether oxygens (including phenoxy) is 2. The zero-order valence-electron chi connectivity index (χ0n) is 16.2. The molecule has 29 heavy (non-hydrogen) atoms. The van der Waals surface area contributed by atoms with Gasteiger partial charge in [0.1, 0.15) is 12.4 Å². The van der Waals surface area contributed by atoms with E-state index in [1.807, 2.05) is 0 Å². The Morgan fingerprint density at radius 3 is 2.66 bits per heavy atom. The van der Waals surface area contributed by atoms with Crippen LogP contribution in [0.3, 0.4) is 0 Å². The highest BCUT2D eigenvalue weighted by molar-refractivity contribution is 7.98. The predicted molar refractivity (Wildman–Crippen MR) is 108 cm³/mol. The van der Waals surface area contributed by atoms with Gasteiger partial charge in [-0.3, -0.25) is 9.59 Å². The first-order valence-corrected chi connectivity index (χ1v) is 10.1. The van der Waals surface area contributed by atoms with Crippen LogP contribution in [0.5, 0.6) is 0 Å². The van der Waals surface area contributed by atoms with Crippen LogP contribution in [-0.4, -0.2) is 54.9 Å². The van der Waals surface area contributed by atoms with Gasteiger partial charge in [0.2, 0.25) is 5.91 Å². The Bertz CT molecular complexity index is 927. The lowest BCUT2D eigenvalue weighted by atomic mass is 10.1. The third-order valence-electron chi connectivity index (χ3n) is 4.35. The number of anilines is 1. The largest absolute Gasteiger partial charge is 0.465 e. The zero-order valence-corrected chi connectivity index (χ0v) is 17.0. The van der Waals surface area contributed by atoms with Gasteiger partial charge >= 0.3 is 5.97 Å². The summed E-state index contributed by atoms with van der Waals surface area (Å²) in [4.78, 5) is 37.1. The Hall–Kier alpha value is -2.85. The third kappa shape index (κ3) is 4.77. The number of methoxy groups -OCH3 is 2. The molecule has 2 aromatic rings. The lowest BCUT2D eigenvalue weighted by molar-refractivity contribution is -0.122. The Morgan fingerprint density at radius 2 is 1.93 bits per heavy atom. The molecule has 2 heterocycles. The fourth-order valence-corrected chi connectivity index (χ4v) is 3.98. The van der Waals surface area contributed by atoms with E-state index in [0.717, 1.165) is 17.0 Å². The third-order valence-corrected chi connectivity index (χ3v) is 5.32. The highest BCUT2D eigenvalue weighted by Crippen LogP contribution is 2.35. The van der Waals surface area contributed by atoms with E-state index in [1.54, 1.807) is 37.1 Å². The van der Waals surface area contributed by atoms with Crippen molar-refractivity contribution in [1.82, 2.24) is 15.1 Å². The number of carbonyl (C=O) groups is 3. The van der Waals surface area contributed by atoms with Gasteiger partial charge in [0.15, 0.2) is 0 Å². The molecular weight excluding hydrogens is 396 g/mol. The Kier molecular flexibility index (Phi) is 6.89. The van der Waals surface area contributed by atoms with E-state index in [0.29, 0.717) is 24.7 Å². The minimum absolute atomic E-state index is 0.0321. The smallest absolute Gasteiger partial charge is 0.338 e. The van der Waals surface area contributed by atoms with E-state index in [-0.39, 0.29) is 23.6 Å². The summed E-state index contributed by atoms with van der Waals surface area (Å²) < 4.78 is 11.2. The SMILES string of the molecule is COCCNC(=O)Cn1nc2c(c1NC(=O)c1ccccc1C(=O)OC)CSC2. The maximum Gasteiger partial charge on any atom is 0.338 e. The molecule has 0 atom stereocenters. The first-order valence-electron chi connectivity index (χ1n) is 8.95. The van der Waals surface area contributed by atoms with Crippen LogP contribution in [0, 0.1) is 0 Å². The lowest BCUT2D eigenvalue weighted by Gasteiger charge is -2.12. The predicted octanol–water partition coefficient (Wildman–Crippen LogP) is 1.43. The fourth-order valence-electron chi connectivity index (χ4n) is 2.95. The number of thioether (sulfide) groups is 1. The molecule has 0 aliphatic carbocycles. The van der Waals surface area contributed by atoms with E-state index < -0.39 is 11.9 Å². The second-order valence-corrected chi connectivity index (χ2v) is 7.24. The number of aromatic nitrogens is 2. The standard InChI is InChI=1S/C19H22N4O5S/c1-27-8-7-20-16(24)9-23-17(14-10-29-11-15(14)22-23)21-18(25)12-5-3-4-6-13(12)19(26)28-2/h3-6H,7-11H2,1-2H3,(H,20,24)(H,21,25). The van der Waals surface area contributed by atoms with Crippen LogP contribution in [0.15, 0.2) is 24.3 Å². The molecule has 2 amide bonds. The van der Waals surface area contributed by atoms with E-state index in [2.05, 4.69) is 15.7 Å². The van der Waals surface area contributed by atoms with Crippen LogP contribution in [0.1, 0.15) is 32.0 Å². The van der Waals surface area contributed by atoms with Gasteiger partial charge in [-0.2, -0.15) is 16.9 Å². The van der Waals surface area contributed by atoms with Gasteiger partial charge in [-0.05, 0) is 12.1 Å². The van der Waals surface area contributed by atoms with Crippen molar-refractivity contribution in [2.45, 2.75) is 18.1 Å². The first kappa shape index (κ1) is 20.9. The maximum absolute atomic E-state index is 12.9. The summed E-state index contributed by atoms with van der Waals surface area (Å²) in [7, 11) is 2.82. The number of amides is 2. The summed E-state index contributed by atoms with van der Waals surface area (Å²) in [5, 5.41) is 10.0. The number of rotatable bonds is 8. The van der Waals surface area contributed by atoms with E-state index >= 15 is 0 Å². The number of benzene rings is 1. The number of hydrogen-bond donors (Lipinski definition) is 2. The molecule has 0 unspecified atom stereocenters. The van der Waals surface area contributed by atoms with Gasteiger partial charge in [0.25, 0.3) is 5.91 Å². The van der Waals surface area contributed by atoms with E-state index in [1.165, 1.54) is 17.9 Å². The van der Waals surface area contributed by atoms with Crippen molar-refractivity contribution < 1.29 is 23.9 Å². The second-order valence-electron chi connectivity index (χ2n) is 6.26. The lowest BCUT2D eigenvalue weighted by Crippen LogP contribution is -2.31. The van der Waals surface area contributed by atoms with Gasteiger partial charge in [-0.15, -0.1) is 0 Å². The molecule has 0 spiro atoms. The minimum atomic E-state index is -0.595. The van der Waals surface area contributed by atoms with Crippen molar-refractivity contribution in [3.8, 4) is 0 Å². The number of hydrogen-bond acceptors (Lipinski definition) is 7. The Morgan fingerprint density at radius 1 is 1.17 bits per heavy atom. The van der Waals surface area contributed by atoms with Crippen molar-refractivity contribution >= 4 is 35.4 Å². The minimum Gasteiger partial charge on any atom is -0.465 e. The van der Waals surface area contributed by atoms with Gasteiger partial charge in [-0.25, -0.2) is 9.48 Å². The van der Waals surface area contributed by atoms with Gasteiger partial charge in [-0.1, -0.05) is 12.1 Å². The number of fused-ring (bicyclic) bond motifs is 1. The Balaban J connectivity index is 1.83. The molecule has 0 fully saturated rings. The van der Waals surface area contributed by atoms with E-state index in [9.17, 15) is 14.4 Å². The van der Waals surface area contributed by atoms with Gasteiger partial charge in [0, 0.05) is 30.7 Å². The van der Waals surface area contributed by atoms with Crippen LogP contribution in [-0.2, 0) is 32.3 Å². The molecule has 1 aliphatic rings. The van der Waals surface area contributed by atoms with Crippen molar-refractivity contribution in [1.29, 1.82) is 0 Å². The van der Waals surface area contributed by atoms with Crippen LogP contribution < -0.4 is 10.6 Å². The highest BCUT2D eigenvalue weighted by Gasteiger charge is 2.26. The average molecular weight is 418 g/mol. The number of nitrogens with zero attached hydrogens (tertiary/aromatic N) is 2. The fraction of sp³-hybridized carbons (Fsp3) is 0.368. The number of esters is 1. The summed E-state index contributed by atoms with van der Waals surface area (Å²) in [6, 6.07) is 6.41. The summed E-state index contributed by atoms with van der Waals surface area (Å²) in [5.74, 6) is 0.580. The topological polar surface area (TPSA) is 112 Å². The summed E-state index contributed by atoms with van der Waals surface area (Å²) in [6.07, 6.45) is 0. The molecule has 3 rings (SSSR count). The van der Waals surface area contributed by atoms with Crippen molar-refractivity contribution in [2.75, 3.05) is 32.7 Å². The monoisotopic (exact) mass is 418 g/mol. The maximum atomic E-state index is 12.9. The average Bonchev–Trinajstić information content (AvgIpc) is 3.30. The van der Waals surface area contributed by atoms with Crippen molar-refractivity contribution in [3.63, 3.8) is 0 Å². The van der Waals surface area contributed by atoms with Crippen LogP contribution in [0.4, 0.5) is 5.82 Å². The highest BCUT2D eigenvalue weighted by atomic mass is 32.2. The molecular formula is C19H22N4O5S. The summed E-state index contributed by atoms with van der Waals surface area (Å²) in [5.41, 5.74) is 2.10. The molecule has 0 saturated carbocycles. The molecule has 0 bridgehead atoms. The second kappa shape index (κ2) is 9.57. The Labute approximate surface area is 172 Å². The normalized spacial score (nSPS) is 12.3. The van der Waals surface area contributed by atoms with Gasteiger partial charge < -0.3 is 20.1 Å². The quantitative estimate of drug-likeness (QED) is 0.493. The molecule has 1 aromatic heterocycles. The summed E-state index contributed by atoms with van der Waals surface area (Å²) >= 11 is 1.68. The van der Waals surface area contributed by atoms with Crippen LogP contribution in [0.25, 0.3) is 0 Å². The zero-order chi connectivity index (χ0) is 20.8. The molecule has 0 radical (unpaired) electrons. The van der Waals surface area contributed by atoms with Crippen molar-refractivity contribution in [2.24, 2.45) is 0 Å². The van der Waals surface area contributed by atoms with E-state index in [4.69, 9.17) is 9.47 Å². The molecule has 9 nitrogen and oxygen atoms in total. The molecule has 1 aliphatic heterocycles. The molecule has 1 aromatic carbocycles. The molecule has 2 N–H and O–H groups in total. The number of nitrogens with one attached hydrogen (secondary N) is 2. The molecule has 154 valence electrons. The van der Waals surface area contributed by atoms with Crippen molar-refractivity contribution in [3.05, 3.63) is 46.6 Å². The summed E-state index contributed by atoms with van der Waals surface area (Å²) in [6.45, 7) is 0.766. The first-order chi connectivity index (χ1) is 14.0. The molecule has 10 heteroatoms. The number of carbonyl (C=O) groups excluding carboxylic acids is 3. The van der Waals surface area contributed by atoms with Crippen LogP contribution in [0.2, 0.25) is 0 Å². The molecule has 0 saturated heterocycles. The van der Waals surface area contributed by atoms with Gasteiger partial charge in [0.05, 0.1) is 30.5 Å². The van der Waals surface area contributed by atoms with Crippen LogP contribution >= 0.6 is 11.8 Å².